The van der Waals surface area contributed by atoms with Crippen molar-refractivity contribution >= 4 is 7.85 Å². The second kappa shape index (κ2) is 7.27. The molecule has 74 valence electrons. The summed E-state index contributed by atoms with van der Waals surface area (Å²) in [4.78, 5) is 0. The molecule has 0 saturated heterocycles. The maximum Gasteiger partial charge on any atom is 0.138 e. The van der Waals surface area contributed by atoms with Crippen LogP contribution in [0.15, 0.2) is 35.3 Å². The summed E-state index contributed by atoms with van der Waals surface area (Å²) >= 11 is 0. The predicted molar refractivity (Wildman–Crippen MR) is 67.8 cm³/mol. The second-order valence-electron chi connectivity index (χ2n) is 3.53. The van der Waals surface area contributed by atoms with Gasteiger partial charge in [0.2, 0.25) is 0 Å². The Morgan fingerprint density at radius 3 is 2.21 bits per heavy atom. The molecule has 0 saturated carbocycles. The van der Waals surface area contributed by atoms with Gasteiger partial charge in [-0.3, -0.25) is 0 Å². The van der Waals surface area contributed by atoms with Crippen molar-refractivity contribution in [3.8, 4) is 11.8 Å². The first-order valence-corrected chi connectivity index (χ1v) is 5.09. The largest absolute Gasteiger partial charge is 0.138 e. The van der Waals surface area contributed by atoms with E-state index in [-0.39, 0.29) is 0 Å². The van der Waals surface area contributed by atoms with E-state index >= 15 is 0 Å². The lowest BCUT2D eigenvalue weighted by molar-refractivity contribution is 0.866. The number of hydrogen-bond donors (Lipinski definition) is 0. The van der Waals surface area contributed by atoms with Crippen LogP contribution in [0.3, 0.4) is 0 Å². The predicted octanol–water partition coefficient (Wildman–Crippen LogP) is 2.69. The summed E-state index contributed by atoms with van der Waals surface area (Å²) in [5.41, 5.74) is 2.34. The van der Waals surface area contributed by atoms with Gasteiger partial charge in [-0.25, -0.2) is 0 Å². The van der Waals surface area contributed by atoms with Crippen LogP contribution < -0.4 is 0 Å². The zero-order valence-corrected chi connectivity index (χ0v) is 9.89. The zero-order chi connectivity index (χ0) is 11.0. The van der Waals surface area contributed by atoms with Gasteiger partial charge in [0.1, 0.15) is 7.85 Å². The standard InChI is InChI=1S/C13H19B/c1-5-12(8-7-11(3)4)9-10-13(14)6-2/h5-6,9-11H,14H2,1-4H3/b10-9-,12-5-,13-6+. The molecule has 0 aromatic carbocycles. The molecule has 1 heteroatoms. The van der Waals surface area contributed by atoms with Crippen molar-refractivity contribution in [2.24, 2.45) is 5.92 Å². The van der Waals surface area contributed by atoms with E-state index in [0.29, 0.717) is 5.92 Å². The van der Waals surface area contributed by atoms with Gasteiger partial charge in [-0.05, 0) is 19.9 Å². The molecule has 0 rings (SSSR count). The molecule has 0 atom stereocenters. The van der Waals surface area contributed by atoms with Gasteiger partial charge < -0.3 is 0 Å². The molecular weight excluding hydrogens is 167 g/mol. The van der Waals surface area contributed by atoms with Gasteiger partial charge in [0.05, 0.1) is 0 Å². The van der Waals surface area contributed by atoms with Crippen molar-refractivity contribution in [1.82, 2.24) is 0 Å². The van der Waals surface area contributed by atoms with E-state index in [2.05, 4.69) is 51.8 Å². The minimum absolute atomic E-state index is 0.432. The molecule has 0 aliphatic rings. The van der Waals surface area contributed by atoms with Gasteiger partial charge in [0, 0.05) is 11.5 Å². The Bertz CT molecular complexity index is 306. The van der Waals surface area contributed by atoms with E-state index in [1.807, 2.05) is 19.9 Å². The molecule has 0 aromatic rings. The Morgan fingerprint density at radius 1 is 1.14 bits per heavy atom. The van der Waals surface area contributed by atoms with Crippen LogP contribution in [0.4, 0.5) is 0 Å². The van der Waals surface area contributed by atoms with Crippen molar-refractivity contribution in [2.45, 2.75) is 27.7 Å². The van der Waals surface area contributed by atoms with E-state index in [4.69, 9.17) is 0 Å². The first kappa shape index (κ1) is 12.8. The Kier molecular flexibility index (Phi) is 6.67. The van der Waals surface area contributed by atoms with Crippen LogP contribution in [0, 0.1) is 17.8 Å². The summed E-state index contributed by atoms with van der Waals surface area (Å²) in [6, 6.07) is 0. The van der Waals surface area contributed by atoms with Crippen molar-refractivity contribution in [3.05, 3.63) is 35.3 Å². The molecule has 0 unspecified atom stereocenters. The van der Waals surface area contributed by atoms with Crippen LogP contribution in [0.2, 0.25) is 0 Å². The van der Waals surface area contributed by atoms with E-state index in [1.165, 1.54) is 5.47 Å². The summed E-state index contributed by atoms with van der Waals surface area (Å²) in [7, 11) is 2.08. The fourth-order valence-corrected chi connectivity index (χ4v) is 0.755. The Hall–Kier alpha value is -1.16. The fraction of sp³-hybridized carbons (Fsp3) is 0.385. The Balaban J connectivity index is 4.51. The molecule has 0 aliphatic carbocycles. The van der Waals surface area contributed by atoms with Crippen molar-refractivity contribution in [1.29, 1.82) is 0 Å². The van der Waals surface area contributed by atoms with Crippen LogP contribution in [0.25, 0.3) is 0 Å². The fourth-order valence-electron chi connectivity index (χ4n) is 0.755. The topological polar surface area (TPSA) is 0 Å². The third-order valence-corrected chi connectivity index (χ3v) is 1.80. The molecule has 0 heterocycles. The SMILES string of the molecule is BC(/C=C\C(C#CC(C)C)=C/C)=C/C. The summed E-state index contributed by atoms with van der Waals surface area (Å²) < 4.78 is 0. The van der Waals surface area contributed by atoms with E-state index in [9.17, 15) is 0 Å². The van der Waals surface area contributed by atoms with Gasteiger partial charge in [0.15, 0.2) is 0 Å². The van der Waals surface area contributed by atoms with E-state index < -0.39 is 0 Å². The summed E-state index contributed by atoms with van der Waals surface area (Å²) in [5.74, 6) is 6.73. The second-order valence-corrected chi connectivity index (χ2v) is 3.53. The van der Waals surface area contributed by atoms with E-state index in [0.717, 1.165) is 5.57 Å². The van der Waals surface area contributed by atoms with Crippen molar-refractivity contribution < 1.29 is 0 Å². The molecule has 0 radical (unpaired) electrons. The molecule has 0 amide bonds. The van der Waals surface area contributed by atoms with Gasteiger partial charge in [0.25, 0.3) is 0 Å². The summed E-state index contributed by atoms with van der Waals surface area (Å²) in [5, 5.41) is 0. The van der Waals surface area contributed by atoms with Crippen molar-refractivity contribution in [3.63, 3.8) is 0 Å². The highest BCUT2D eigenvalue weighted by atomic mass is 13.9. The minimum atomic E-state index is 0.432. The number of hydrogen-bond acceptors (Lipinski definition) is 0. The van der Waals surface area contributed by atoms with Crippen LogP contribution >= 0.6 is 0 Å². The Morgan fingerprint density at radius 2 is 1.79 bits per heavy atom. The number of rotatable bonds is 2. The summed E-state index contributed by atoms with van der Waals surface area (Å²) in [6.07, 6.45) is 8.27. The maximum atomic E-state index is 3.15. The minimum Gasteiger partial charge on any atom is -0.0951 e. The lowest BCUT2D eigenvalue weighted by Gasteiger charge is -1.91. The lowest BCUT2D eigenvalue weighted by Crippen LogP contribution is -1.80. The molecule has 0 fully saturated rings. The first-order valence-electron chi connectivity index (χ1n) is 5.09. The normalized spacial score (nSPS) is 13.2. The monoisotopic (exact) mass is 186 g/mol. The van der Waals surface area contributed by atoms with Crippen molar-refractivity contribution in [2.75, 3.05) is 0 Å². The highest BCUT2D eigenvalue weighted by molar-refractivity contribution is 6.23. The molecule has 0 bridgehead atoms. The van der Waals surface area contributed by atoms with Crippen LogP contribution in [0.1, 0.15) is 27.7 Å². The molecular formula is C13H19B. The van der Waals surface area contributed by atoms with Gasteiger partial charge >= 0.3 is 0 Å². The smallest absolute Gasteiger partial charge is 0.0951 e. The highest BCUT2D eigenvalue weighted by Gasteiger charge is 1.85. The number of allylic oxidation sites excluding steroid dienone is 6. The average molecular weight is 186 g/mol. The molecule has 0 nitrogen and oxygen atoms in total. The van der Waals surface area contributed by atoms with Gasteiger partial charge in [-0.2, -0.15) is 0 Å². The quantitative estimate of drug-likeness (QED) is 0.353. The summed E-state index contributed by atoms with van der Waals surface area (Å²) in [6.45, 7) is 8.25. The lowest BCUT2D eigenvalue weighted by atomic mass is 9.94. The maximum absolute atomic E-state index is 3.15. The van der Waals surface area contributed by atoms with Crippen LogP contribution in [0.5, 0.6) is 0 Å². The molecule has 14 heavy (non-hydrogen) atoms. The molecule has 0 N–H and O–H groups in total. The van der Waals surface area contributed by atoms with E-state index in [1.54, 1.807) is 0 Å². The Labute approximate surface area is 89.2 Å². The molecule has 0 aromatic heterocycles. The average Bonchev–Trinajstić information content (AvgIpc) is 2.17. The van der Waals surface area contributed by atoms with Gasteiger partial charge in [-0.1, -0.05) is 49.4 Å². The van der Waals surface area contributed by atoms with Gasteiger partial charge in [-0.15, -0.1) is 0 Å². The first-order chi connectivity index (χ1) is 6.60. The van der Waals surface area contributed by atoms with Crippen LogP contribution in [-0.4, -0.2) is 7.85 Å². The molecule has 0 spiro atoms. The van der Waals surface area contributed by atoms with Crippen LogP contribution in [-0.2, 0) is 0 Å². The highest BCUT2D eigenvalue weighted by Crippen LogP contribution is 1.99. The zero-order valence-electron chi connectivity index (χ0n) is 9.89. The third kappa shape index (κ3) is 6.37. The third-order valence-electron chi connectivity index (χ3n) is 1.80. The molecule has 0 aliphatic heterocycles.